The summed E-state index contributed by atoms with van der Waals surface area (Å²) in [5.74, 6) is 2.66. The maximum atomic E-state index is 13.4. The molecule has 1 saturated heterocycles. The maximum absolute atomic E-state index is 13.4. The summed E-state index contributed by atoms with van der Waals surface area (Å²) in [6, 6.07) is 0. The number of hydrogen-bond acceptors (Lipinski definition) is 8. The second-order valence-electron chi connectivity index (χ2n) is 19.5. The molecule has 7 nitrogen and oxygen atoms in total. The van der Waals surface area contributed by atoms with Crippen molar-refractivity contribution in [2.24, 2.45) is 44.6 Å². The van der Waals surface area contributed by atoms with Crippen LogP contribution in [0.2, 0.25) is 0 Å². The van der Waals surface area contributed by atoms with Crippen molar-refractivity contribution in [2.75, 3.05) is 12.9 Å². The number of hydrogen-bond donors (Lipinski definition) is 2. The van der Waals surface area contributed by atoms with Crippen LogP contribution >= 0.6 is 11.8 Å². The Labute approximate surface area is 378 Å². The Morgan fingerprint density at radius 2 is 1.55 bits per heavy atom. The zero-order valence-electron chi connectivity index (χ0n) is 40.2. The monoisotopic (exact) mass is 861 g/mol. The van der Waals surface area contributed by atoms with Gasteiger partial charge in [-0.05, 0) is 136 Å². The summed E-state index contributed by atoms with van der Waals surface area (Å²) < 4.78 is 5.83. The van der Waals surface area contributed by atoms with E-state index >= 15 is 0 Å². The largest absolute Gasteiger partial charge is 0.511 e. The third kappa shape index (κ3) is 10.9. The molecule has 1 fully saturated rings. The topological polar surface area (TPSA) is 95.6 Å². The molecular weight excluding hydrogens is 785 g/mol. The van der Waals surface area contributed by atoms with Gasteiger partial charge in [0.1, 0.15) is 12.4 Å². The number of esters is 1. The molecule has 8 heteroatoms. The van der Waals surface area contributed by atoms with E-state index in [-0.39, 0.29) is 23.1 Å². The van der Waals surface area contributed by atoms with Gasteiger partial charge >= 0.3 is 5.97 Å². The number of carbonyl (C=O) groups is 1. The van der Waals surface area contributed by atoms with Crippen LogP contribution in [0, 0.1) is 29.6 Å². The van der Waals surface area contributed by atoms with E-state index in [1.165, 1.54) is 79.2 Å². The summed E-state index contributed by atoms with van der Waals surface area (Å²) in [5, 5.41) is 15.6. The molecule has 1 unspecified atom stereocenters. The van der Waals surface area contributed by atoms with Gasteiger partial charge in [-0.2, -0.15) is 11.8 Å². The van der Waals surface area contributed by atoms with Crippen LogP contribution in [-0.2, 0) is 9.53 Å². The van der Waals surface area contributed by atoms with Gasteiger partial charge in [0.2, 0.25) is 0 Å². The lowest BCUT2D eigenvalue weighted by Gasteiger charge is -2.17. The number of rotatable bonds is 20. The van der Waals surface area contributed by atoms with Crippen molar-refractivity contribution >= 4 is 34.9 Å². The molecule has 336 valence electrons. The highest BCUT2D eigenvalue weighted by Gasteiger charge is 2.41. The standard InChI is InChI=1S/C54H76N4O3S/c1-13-40-35(7)43-30-48-51(39(11)62-12)37(9)45(56-48)28-44-36(8)41(53(57-44)42-27-49(59)52-38(10)46(58-54(42)52)29-47(40)55-43)23-24-50(60)61-26-25-34(6)22-16-21-33(5)20-15-19-32(4)18-14-17-31(2)3/h25,28-33,36,39,41,57,59H,13-24,26-27H2,1-12H3/b34-25+,44-28?,47-29?,48-30?,53-42?/t32-,33-,36+,39?,41+/m1/s1. The number of nitrogens with zero attached hydrogens (tertiary/aromatic N) is 3. The first-order valence-electron chi connectivity index (χ1n) is 23.9. The Balaban J connectivity index is 1.15. The number of aliphatic hydroxyl groups excluding tert-OH is 1. The van der Waals surface area contributed by atoms with Crippen molar-refractivity contribution in [1.82, 2.24) is 5.32 Å². The van der Waals surface area contributed by atoms with Crippen LogP contribution in [-0.4, -0.2) is 46.3 Å². The Morgan fingerprint density at radius 1 is 0.887 bits per heavy atom. The van der Waals surface area contributed by atoms with Gasteiger partial charge in [0, 0.05) is 52.5 Å². The minimum atomic E-state index is -0.179. The fourth-order valence-corrected chi connectivity index (χ4v) is 10.7. The van der Waals surface area contributed by atoms with Crippen LogP contribution in [0.5, 0.6) is 0 Å². The summed E-state index contributed by atoms with van der Waals surface area (Å²) in [7, 11) is 0. The maximum Gasteiger partial charge on any atom is 0.306 e. The quantitative estimate of drug-likeness (QED) is 0.0939. The van der Waals surface area contributed by atoms with E-state index in [0.717, 1.165) is 92.9 Å². The molecule has 62 heavy (non-hydrogen) atoms. The normalized spacial score (nSPS) is 22.6. The van der Waals surface area contributed by atoms with Crippen LogP contribution in [0.15, 0.2) is 118 Å². The minimum absolute atomic E-state index is 0.00846. The second kappa shape index (κ2) is 21.2. The van der Waals surface area contributed by atoms with Crippen LogP contribution in [0.4, 0.5) is 0 Å². The zero-order valence-corrected chi connectivity index (χ0v) is 41.0. The van der Waals surface area contributed by atoms with E-state index in [1.54, 1.807) is 0 Å². The third-order valence-corrected chi connectivity index (χ3v) is 15.3. The number of allylic oxidation sites excluding steroid dienone is 13. The summed E-state index contributed by atoms with van der Waals surface area (Å²) in [6.45, 7) is 25.0. The van der Waals surface area contributed by atoms with Gasteiger partial charge in [0.15, 0.2) is 0 Å². The molecule has 0 saturated carbocycles. The number of carbonyl (C=O) groups excluding carboxylic acids is 1. The van der Waals surface area contributed by atoms with Crippen LogP contribution in [0.3, 0.4) is 0 Å². The number of aliphatic hydroxyl groups is 1. The smallest absolute Gasteiger partial charge is 0.306 e. The van der Waals surface area contributed by atoms with E-state index < -0.39 is 0 Å². The molecule has 0 aromatic carbocycles. The highest BCUT2D eigenvalue weighted by Crippen LogP contribution is 2.47. The van der Waals surface area contributed by atoms with Crippen LogP contribution in [0.25, 0.3) is 0 Å². The molecule has 5 atom stereocenters. The lowest BCUT2D eigenvalue weighted by Crippen LogP contribution is -2.16. The molecule has 5 heterocycles. The van der Waals surface area contributed by atoms with E-state index in [2.05, 4.69) is 112 Å². The number of ether oxygens (including phenoxy) is 1. The molecule has 2 N–H and O–H groups in total. The lowest BCUT2D eigenvalue weighted by molar-refractivity contribution is -0.142. The Hall–Kier alpha value is -3.91. The number of fused-ring (bicyclic) bond motifs is 5. The van der Waals surface area contributed by atoms with Gasteiger partial charge in [-0.15, -0.1) is 0 Å². The number of nitrogens with one attached hydrogen (secondary N) is 1. The van der Waals surface area contributed by atoms with E-state index in [4.69, 9.17) is 19.7 Å². The summed E-state index contributed by atoms with van der Waals surface area (Å²) >= 11 is 1.83. The van der Waals surface area contributed by atoms with Crippen LogP contribution < -0.4 is 5.32 Å². The molecule has 1 aliphatic carbocycles. The van der Waals surface area contributed by atoms with E-state index in [0.29, 0.717) is 31.6 Å². The summed E-state index contributed by atoms with van der Waals surface area (Å²) in [5.41, 5.74) is 16.4. The first-order valence-corrected chi connectivity index (χ1v) is 25.2. The predicted molar refractivity (Wildman–Crippen MR) is 264 cm³/mol. The summed E-state index contributed by atoms with van der Waals surface area (Å²) in [4.78, 5) is 29.1. The molecule has 6 aliphatic rings. The van der Waals surface area contributed by atoms with Gasteiger partial charge in [0.05, 0.1) is 34.2 Å². The first-order chi connectivity index (χ1) is 29.6. The zero-order chi connectivity index (χ0) is 44.8. The fraction of sp³-hybridized carbons (Fsp3) is 0.593. The van der Waals surface area contributed by atoms with E-state index in [1.807, 2.05) is 11.8 Å². The molecule has 8 bridgehead atoms. The molecule has 5 aliphatic heterocycles. The SMILES string of the molecule is CCC1=C(C)C2=NC1=CC1=C(C)C3=C(O)CC(=C4NC(=CC5=NC(=C2)C(C(C)SC)=C5C)[C@@H](C)[C@@H]4CCC(=O)OC/C=C(\C)CCC[C@H](C)CCC[C@H](C)CCCC(C)C)C3=N1. The molecule has 0 spiro atoms. The molecule has 0 aromatic rings. The minimum Gasteiger partial charge on any atom is -0.511 e. The van der Waals surface area contributed by atoms with Crippen molar-refractivity contribution < 1.29 is 14.6 Å². The predicted octanol–water partition coefficient (Wildman–Crippen LogP) is 14.1. The highest BCUT2D eigenvalue weighted by molar-refractivity contribution is 7.99. The van der Waals surface area contributed by atoms with Crippen molar-refractivity contribution in [3.05, 3.63) is 103 Å². The Kier molecular flexibility index (Phi) is 16.2. The fourth-order valence-electron chi connectivity index (χ4n) is 10.2. The van der Waals surface area contributed by atoms with Gasteiger partial charge in [-0.25, -0.2) is 15.0 Å². The highest BCUT2D eigenvalue weighted by atomic mass is 32.2. The van der Waals surface area contributed by atoms with Gasteiger partial charge in [0.25, 0.3) is 0 Å². The number of thioether (sulfide) groups is 1. The lowest BCUT2D eigenvalue weighted by atomic mass is 9.86. The second-order valence-corrected chi connectivity index (χ2v) is 20.7. The van der Waals surface area contributed by atoms with Gasteiger partial charge in [-0.3, -0.25) is 4.79 Å². The van der Waals surface area contributed by atoms with Crippen molar-refractivity contribution in [2.45, 2.75) is 165 Å². The first kappa shape index (κ1) is 47.6. The van der Waals surface area contributed by atoms with Crippen molar-refractivity contribution in [3.63, 3.8) is 0 Å². The average Bonchev–Trinajstić information content (AvgIpc) is 3.98. The van der Waals surface area contributed by atoms with Crippen molar-refractivity contribution in [3.8, 4) is 0 Å². The average molecular weight is 861 g/mol. The van der Waals surface area contributed by atoms with E-state index in [9.17, 15) is 9.90 Å². The third-order valence-electron chi connectivity index (χ3n) is 14.3. The molecule has 0 aromatic heterocycles. The molecule has 0 amide bonds. The molecule has 0 radical (unpaired) electrons. The number of aliphatic imine (C=N–C) groups is 3. The van der Waals surface area contributed by atoms with Crippen LogP contribution in [0.1, 0.15) is 160 Å². The molecular formula is C54H76N4O3S. The Bertz CT molecular complexity index is 2160. The van der Waals surface area contributed by atoms with Gasteiger partial charge < -0.3 is 15.2 Å². The summed E-state index contributed by atoms with van der Waals surface area (Å²) in [6.07, 6.45) is 24.5. The Morgan fingerprint density at radius 3 is 2.23 bits per heavy atom. The van der Waals surface area contributed by atoms with Crippen molar-refractivity contribution in [1.29, 1.82) is 0 Å². The molecule has 6 rings (SSSR count). The van der Waals surface area contributed by atoms with Gasteiger partial charge in [-0.1, -0.05) is 92.1 Å².